The van der Waals surface area contributed by atoms with E-state index in [0.29, 0.717) is 5.41 Å². The maximum absolute atomic E-state index is 2.57. The summed E-state index contributed by atoms with van der Waals surface area (Å²) in [6.45, 7) is 22.0. The van der Waals surface area contributed by atoms with Crippen LogP contribution in [0.15, 0.2) is 0 Å². The summed E-state index contributed by atoms with van der Waals surface area (Å²) in [4.78, 5) is 0. The van der Waals surface area contributed by atoms with E-state index in [-0.39, 0.29) is 0 Å². The number of unbranched alkanes of at least 4 members (excludes halogenated alkanes) is 3. The fourth-order valence-electron chi connectivity index (χ4n) is 5.75. The van der Waals surface area contributed by atoms with Crippen LogP contribution >= 0.6 is 0 Å². The van der Waals surface area contributed by atoms with Gasteiger partial charge in [0.25, 0.3) is 0 Å². The maximum Gasteiger partial charge on any atom is -0.0266 e. The van der Waals surface area contributed by atoms with Crippen LogP contribution < -0.4 is 0 Å². The van der Waals surface area contributed by atoms with Gasteiger partial charge in [0, 0.05) is 0 Å². The molecule has 0 nitrogen and oxygen atoms in total. The first kappa shape index (κ1) is 26.0. The monoisotopic (exact) mass is 392 g/mol. The Kier molecular flexibility index (Phi) is 11.8. The number of hydrogen-bond acceptors (Lipinski definition) is 0. The standard InChI is InChI=1S/C28H56/c1-21(2)19-24(6)17-14-13-16-23(5)15-11-10-12-18-27-20-28(27,9)26(8)25(7)22(3)4/h21-27H,10-20H2,1-9H3. The van der Waals surface area contributed by atoms with E-state index >= 15 is 0 Å². The molecule has 0 spiro atoms. The van der Waals surface area contributed by atoms with Crippen LogP contribution in [0.25, 0.3) is 0 Å². The summed E-state index contributed by atoms with van der Waals surface area (Å²) >= 11 is 0. The van der Waals surface area contributed by atoms with Crippen molar-refractivity contribution < 1.29 is 0 Å². The van der Waals surface area contributed by atoms with E-state index in [0.717, 1.165) is 41.4 Å². The minimum atomic E-state index is 0.656. The van der Waals surface area contributed by atoms with Crippen molar-refractivity contribution in [2.45, 2.75) is 133 Å². The summed E-state index contributed by atoms with van der Waals surface area (Å²) in [6, 6.07) is 0. The van der Waals surface area contributed by atoms with Crippen LogP contribution in [0.1, 0.15) is 133 Å². The summed E-state index contributed by atoms with van der Waals surface area (Å²) in [7, 11) is 0. The van der Waals surface area contributed by atoms with E-state index in [2.05, 4.69) is 62.3 Å². The molecule has 1 aliphatic carbocycles. The van der Waals surface area contributed by atoms with Gasteiger partial charge in [-0.15, -0.1) is 0 Å². The molecule has 1 saturated carbocycles. The van der Waals surface area contributed by atoms with Crippen LogP contribution in [-0.4, -0.2) is 0 Å². The van der Waals surface area contributed by atoms with Crippen molar-refractivity contribution in [2.24, 2.45) is 46.8 Å². The largest absolute Gasteiger partial charge is 0.0628 e. The van der Waals surface area contributed by atoms with Gasteiger partial charge in [0.1, 0.15) is 0 Å². The minimum Gasteiger partial charge on any atom is -0.0628 e. The number of hydrogen-bond donors (Lipinski definition) is 0. The molecule has 0 aromatic rings. The molecule has 0 heterocycles. The van der Waals surface area contributed by atoms with Crippen LogP contribution in [-0.2, 0) is 0 Å². The summed E-state index contributed by atoms with van der Waals surface area (Å²) in [5, 5.41) is 0. The van der Waals surface area contributed by atoms with Gasteiger partial charge >= 0.3 is 0 Å². The maximum atomic E-state index is 2.57. The van der Waals surface area contributed by atoms with Crippen LogP contribution in [0.3, 0.4) is 0 Å². The molecule has 168 valence electrons. The second-order valence-corrected chi connectivity index (χ2v) is 12.1. The van der Waals surface area contributed by atoms with E-state index in [9.17, 15) is 0 Å². The van der Waals surface area contributed by atoms with Crippen molar-refractivity contribution in [2.75, 3.05) is 0 Å². The van der Waals surface area contributed by atoms with Crippen LogP contribution in [0.2, 0.25) is 0 Å². The van der Waals surface area contributed by atoms with Crippen molar-refractivity contribution in [1.82, 2.24) is 0 Å². The average Bonchev–Trinajstić information content (AvgIpc) is 3.27. The van der Waals surface area contributed by atoms with E-state index in [1.807, 2.05) is 0 Å². The lowest BCUT2D eigenvalue weighted by Crippen LogP contribution is -2.23. The van der Waals surface area contributed by atoms with E-state index < -0.39 is 0 Å². The summed E-state index contributed by atoms with van der Waals surface area (Å²) in [5.41, 5.74) is 0.656. The lowest BCUT2D eigenvalue weighted by Gasteiger charge is -2.30. The predicted octanol–water partition coefficient (Wildman–Crippen LogP) is 9.77. The molecule has 1 fully saturated rings. The second-order valence-electron chi connectivity index (χ2n) is 12.1. The van der Waals surface area contributed by atoms with Gasteiger partial charge in [-0.2, -0.15) is 0 Å². The third-order valence-corrected chi connectivity index (χ3v) is 8.61. The van der Waals surface area contributed by atoms with Crippen molar-refractivity contribution in [3.63, 3.8) is 0 Å². The zero-order valence-electron chi connectivity index (χ0n) is 21.3. The Balaban J connectivity index is 2.03. The summed E-state index contributed by atoms with van der Waals surface area (Å²) < 4.78 is 0. The highest BCUT2D eigenvalue weighted by Crippen LogP contribution is 2.61. The molecule has 0 bridgehead atoms. The molecule has 0 N–H and O–H groups in total. The van der Waals surface area contributed by atoms with Crippen molar-refractivity contribution in [3.05, 3.63) is 0 Å². The smallest absolute Gasteiger partial charge is 0.0266 e. The molecule has 1 rings (SSSR count). The Labute approximate surface area is 180 Å². The third kappa shape index (κ3) is 9.21. The molecule has 0 radical (unpaired) electrons. The molecule has 1 aliphatic rings. The van der Waals surface area contributed by atoms with Crippen molar-refractivity contribution in [3.8, 4) is 0 Å². The van der Waals surface area contributed by atoms with Gasteiger partial charge in [0.2, 0.25) is 0 Å². The third-order valence-electron chi connectivity index (χ3n) is 8.61. The first-order valence-electron chi connectivity index (χ1n) is 13.1. The van der Waals surface area contributed by atoms with Crippen molar-refractivity contribution in [1.29, 1.82) is 0 Å². The fourth-order valence-corrected chi connectivity index (χ4v) is 5.75. The first-order chi connectivity index (χ1) is 13.1. The van der Waals surface area contributed by atoms with Crippen LogP contribution in [0.5, 0.6) is 0 Å². The molecule has 0 aliphatic heterocycles. The van der Waals surface area contributed by atoms with E-state index in [1.54, 1.807) is 0 Å². The molecule has 28 heavy (non-hydrogen) atoms. The molecular formula is C28H56. The van der Waals surface area contributed by atoms with E-state index in [1.165, 1.54) is 70.6 Å². The van der Waals surface area contributed by atoms with Gasteiger partial charge in [-0.25, -0.2) is 0 Å². The fraction of sp³-hybridized carbons (Fsp3) is 1.00. The molecule has 0 aromatic heterocycles. The molecule has 0 amide bonds. The van der Waals surface area contributed by atoms with Gasteiger partial charge in [0.15, 0.2) is 0 Å². The molecule has 6 unspecified atom stereocenters. The highest BCUT2D eigenvalue weighted by Gasteiger charge is 2.53. The lowest BCUT2D eigenvalue weighted by atomic mass is 9.75. The Morgan fingerprint density at radius 2 is 1.25 bits per heavy atom. The minimum absolute atomic E-state index is 0.656. The normalized spacial score (nSPS) is 26.5. The highest BCUT2D eigenvalue weighted by molar-refractivity contribution is 5.02. The van der Waals surface area contributed by atoms with Gasteiger partial charge in [-0.3, -0.25) is 0 Å². The Morgan fingerprint density at radius 1 is 0.714 bits per heavy atom. The molecule has 0 heteroatoms. The lowest BCUT2D eigenvalue weighted by molar-refractivity contribution is 0.190. The second kappa shape index (κ2) is 12.6. The van der Waals surface area contributed by atoms with Gasteiger partial charge in [0.05, 0.1) is 0 Å². The summed E-state index contributed by atoms with van der Waals surface area (Å²) in [6.07, 6.45) is 16.1. The number of rotatable bonds is 16. The van der Waals surface area contributed by atoms with Gasteiger partial charge in [-0.05, 0) is 66.1 Å². The Hall–Kier alpha value is 0. The SMILES string of the molecule is CC(C)CC(C)CCCCC(C)CCCCCC1CC1(C)C(C)C(C)C(C)C. The first-order valence-corrected chi connectivity index (χ1v) is 13.1. The Morgan fingerprint density at radius 3 is 1.79 bits per heavy atom. The van der Waals surface area contributed by atoms with E-state index in [4.69, 9.17) is 0 Å². The van der Waals surface area contributed by atoms with Gasteiger partial charge in [-0.1, -0.05) is 114 Å². The molecular weight excluding hydrogens is 336 g/mol. The molecule has 6 atom stereocenters. The van der Waals surface area contributed by atoms with Gasteiger partial charge < -0.3 is 0 Å². The van der Waals surface area contributed by atoms with Crippen LogP contribution in [0.4, 0.5) is 0 Å². The zero-order valence-corrected chi connectivity index (χ0v) is 21.3. The Bertz CT molecular complexity index is 395. The quantitative estimate of drug-likeness (QED) is 0.229. The predicted molar refractivity (Wildman–Crippen MR) is 129 cm³/mol. The molecule has 0 saturated heterocycles. The molecule has 0 aromatic carbocycles. The van der Waals surface area contributed by atoms with Crippen molar-refractivity contribution >= 4 is 0 Å². The summed E-state index contributed by atoms with van der Waals surface area (Å²) in [5.74, 6) is 6.34. The van der Waals surface area contributed by atoms with Crippen LogP contribution in [0, 0.1) is 46.8 Å². The topological polar surface area (TPSA) is 0 Å². The zero-order chi connectivity index (χ0) is 21.3. The highest BCUT2D eigenvalue weighted by atomic mass is 14.6. The average molecular weight is 393 g/mol.